The number of carboxylic acids is 1. The molecule has 4 unspecified atom stereocenters. The molecule has 15 nitrogen and oxygen atoms in total. The zero-order chi connectivity index (χ0) is 38.0. The number of aliphatic hydroxyl groups is 1. The van der Waals surface area contributed by atoms with Gasteiger partial charge in [0, 0.05) is 33.2 Å². The number of nitrogens with one attached hydrogen (secondary N) is 1. The van der Waals surface area contributed by atoms with E-state index < -0.39 is 60.6 Å². The van der Waals surface area contributed by atoms with Crippen molar-refractivity contribution in [3.63, 3.8) is 0 Å². The molecule has 2 heterocycles. The van der Waals surface area contributed by atoms with Gasteiger partial charge in [0.1, 0.15) is 12.4 Å². The van der Waals surface area contributed by atoms with Gasteiger partial charge in [-0.1, -0.05) is 72.9 Å². The fourth-order valence-electron chi connectivity index (χ4n) is 4.74. The summed E-state index contributed by atoms with van der Waals surface area (Å²) in [5.74, 6) is -2.95. The Bertz CT molecular complexity index is 1520. The summed E-state index contributed by atoms with van der Waals surface area (Å²) in [4.78, 5) is 55.3. The second-order valence-electron chi connectivity index (χ2n) is 12.0. The van der Waals surface area contributed by atoms with Gasteiger partial charge < -0.3 is 39.1 Å². The molecule has 0 radical (unpaired) electrons. The number of aromatic nitrogens is 1. The van der Waals surface area contributed by atoms with Crippen LogP contribution in [0.1, 0.15) is 33.5 Å². The highest BCUT2D eigenvalue weighted by Crippen LogP contribution is 2.27. The number of aliphatic carboxylic acids is 1. The van der Waals surface area contributed by atoms with Crippen LogP contribution in [0.25, 0.3) is 0 Å². The van der Waals surface area contributed by atoms with Crippen LogP contribution >= 0.6 is 0 Å². The predicted molar refractivity (Wildman–Crippen MR) is 186 cm³/mol. The Morgan fingerprint density at radius 2 is 1.73 bits per heavy atom. The number of methoxy groups -OCH3 is 1. The number of carbonyl (C=O) groups excluding carboxylic acids is 3. The molecular weight excluding hydrogens is 664 g/mol. The number of allylic oxidation sites excluding steroid dienone is 11. The molecule has 1 aromatic rings. The van der Waals surface area contributed by atoms with E-state index in [4.69, 9.17) is 18.6 Å². The van der Waals surface area contributed by atoms with Crippen molar-refractivity contribution in [2.75, 3.05) is 34.1 Å². The van der Waals surface area contributed by atoms with Gasteiger partial charge in [-0.3, -0.25) is 19.6 Å². The largest absolute Gasteiger partial charge is 0.480 e. The van der Waals surface area contributed by atoms with Gasteiger partial charge in [0.05, 0.1) is 23.8 Å². The summed E-state index contributed by atoms with van der Waals surface area (Å²) in [7, 11) is 2.48. The molecule has 0 aromatic carbocycles. The normalized spacial score (nSPS) is 19.2. The van der Waals surface area contributed by atoms with Gasteiger partial charge in [0.2, 0.25) is 5.91 Å². The summed E-state index contributed by atoms with van der Waals surface area (Å²) >= 11 is 0. The van der Waals surface area contributed by atoms with E-state index in [2.05, 4.69) is 10.3 Å². The van der Waals surface area contributed by atoms with Crippen molar-refractivity contribution < 1.29 is 53.2 Å². The summed E-state index contributed by atoms with van der Waals surface area (Å²) in [5.41, 5.74) is -2.75. The minimum Gasteiger partial charge on any atom is -0.480 e. The molecule has 1 saturated heterocycles. The number of hydrogen-bond acceptors (Lipinski definition) is 11. The Balaban J connectivity index is 1.85. The van der Waals surface area contributed by atoms with Crippen LogP contribution in [0, 0.1) is 5.41 Å². The lowest BCUT2D eigenvalue weighted by molar-refractivity contribution is -0.246. The molecule has 1 aromatic heterocycles. The van der Waals surface area contributed by atoms with Crippen molar-refractivity contribution >= 4 is 23.7 Å². The lowest BCUT2D eigenvalue weighted by Crippen LogP contribution is -2.64. The van der Waals surface area contributed by atoms with Crippen molar-refractivity contribution in [3.8, 4) is 0 Å². The van der Waals surface area contributed by atoms with Crippen molar-refractivity contribution in [2.24, 2.45) is 5.41 Å². The predicted octanol–water partition coefficient (Wildman–Crippen LogP) is 2.87. The second-order valence-corrected chi connectivity index (χ2v) is 12.0. The van der Waals surface area contributed by atoms with E-state index in [0.29, 0.717) is 12.0 Å². The Morgan fingerprint density at radius 3 is 2.33 bits per heavy atom. The molecule has 0 saturated carbocycles. The highest BCUT2D eigenvalue weighted by molar-refractivity contribution is 5.95. The fourth-order valence-corrected chi connectivity index (χ4v) is 4.74. The molecule has 4 atom stereocenters. The number of rotatable bonds is 19. The van der Waals surface area contributed by atoms with Gasteiger partial charge in [-0.25, -0.2) is 9.78 Å². The summed E-state index contributed by atoms with van der Waals surface area (Å²) < 4.78 is 20.7. The number of nitrogens with zero attached hydrogens (tertiary/aromatic N) is 3. The SMILES string of the molecule is COC(C)C(C(=O)O)N(C)C(=O)C1(N(O)C(=O)/C=C/C=C/C=C/C=C\CNC(=O)C(C)(C)C(O)\C(C)=C/C=C\C=C\Cc2cnco2)COCO1. The van der Waals surface area contributed by atoms with Gasteiger partial charge in [-0.15, -0.1) is 0 Å². The Hall–Kier alpha value is -4.93. The number of oxazole rings is 1. The van der Waals surface area contributed by atoms with Crippen LogP contribution in [0.2, 0.25) is 0 Å². The molecule has 0 spiro atoms. The summed E-state index contributed by atoms with van der Waals surface area (Å²) in [5, 5.41) is 33.9. The zero-order valence-corrected chi connectivity index (χ0v) is 29.7. The molecule has 0 bridgehead atoms. The number of hydroxylamine groups is 2. The average molecular weight is 713 g/mol. The third-order valence-corrected chi connectivity index (χ3v) is 7.90. The first-order chi connectivity index (χ1) is 24.2. The van der Waals surface area contributed by atoms with Crippen molar-refractivity contribution in [1.82, 2.24) is 20.3 Å². The van der Waals surface area contributed by atoms with Gasteiger partial charge in [0.25, 0.3) is 17.5 Å². The maximum absolute atomic E-state index is 13.3. The van der Waals surface area contributed by atoms with Crippen LogP contribution in [-0.2, 0) is 39.8 Å². The Labute approximate surface area is 297 Å². The number of likely N-dealkylation sites (N-methyl/N-ethyl adjacent to an activating group) is 1. The molecule has 4 N–H and O–H groups in total. The van der Waals surface area contributed by atoms with Crippen LogP contribution in [0.3, 0.4) is 0 Å². The minimum absolute atomic E-state index is 0.0734. The first-order valence-electron chi connectivity index (χ1n) is 16.0. The topological polar surface area (TPSA) is 201 Å². The molecule has 15 heteroatoms. The van der Waals surface area contributed by atoms with Crippen LogP contribution in [-0.4, -0.2) is 112 Å². The quantitative estimate of drug-likeness (QED) is 0.0709. The van der Waals surface area contributed by atoms with Crippen LogP contribution < -0.4 is 5.32 Å². The van der Waals surface area contributed by atoms with Crippen molar-refractivity contribution in [3.05, 3.63) is 103 Å². The third-order valence-electron chi connectivity index (χ3n) is 7.90. The molecule has 2 rings (SSSR count). The smallest absolute Gasteiger partial charge is 0.329 e. The van der Waals surface area contributed by atoms with Crippen molar-refractivity contribution in [1.29, 1.82) is 0 Å². The summed E-state index contributed by atoms with van der Waals surface area (Å²) in [6, 6.07) is -1.43. The van der Waals surface area contributed by atoms with Gasteiger partial charge in [-0.05, 0) is 33.3 Å². The van der Waals surface area contributed by atoms with Gasteiger partial charge in [0.15, 0.2) is 19.2 Å². The molecular formula is C36H48N4O11. The van der Waals surface area contributed by atoms with Crippen LogP contribution in [0.5, 0.6) is 0 Å². The number of carbonyl (C=O) groups is 4. The maximum Gasteiger partial charge on any atom is 0.329 e. The highest BCUT2D eigenvalue weighted by atomic mass is 16.8. The van der Waals surface area contributed by atoms with E-state index >= 15 is 0 Å². The number of hydrogen-bond donors (Lipinski definition) is 4. The summed E-state index contributed by atoms with van der Waals surface area (Å²) in [6.45, 7) is 5.83. The third kappa shape index (κ3) is 12.1. The number of ether oxygens (including phenoxy) is 3. The second kappa shape index (κ2) is 20.7. The monoisotopic (exact) mass is 712 g/mol. The molecule has 278 valence electrons. The Morgan fingerprint density at radius 1 is 1.08 bits per heavy atom. The Kier molecular flexibility index (Phi) is 17.1. The fraction of sp³-hybridized carbons (Fsp3) is 0.417. The summed E-state index contributed by atoms with van der Waals surface area (Å²) in [6.07, 6.45) is 23.0. The van der Waals surface area contributed by atoms with E-state index in [0.717, 1.165) is 16.7 Å². The molecule has 1 aliphatic heterocycles. The number of aliphatic hydroxyl groups excluding tert-OH is 1. The van der Waals surface area contributed by atoms with E-state index in [1.54, 1.807) is 69.5 Å². The maximum atomic E-state index is 13.3. The standard InChI is InChI=1S/C36H48N4O11/c1-26(18-14-11-12-15-19-28-22-37-24-50-28)31(42)35(3,4)33(45)38-21-17-13-9-7-8-10-16-20-29(41)40(47)36(23-49-25-51-36)34(46)39(5)30(32(43)44)27(2)48-6/h7-18,20,22,24,27,30-31,42,47H,19,21,23,25H2,1-6H3,(H,38,45)(H,43,44)/b9-7+,10-8+,14-11-,15-12+,17-13-,20-16+,26-18-. The minimum atomic E-state index is -2.29. The van der Waals surface area contributed by atoms with E-state index in [1.807, 2.05) is 18.2 Å². The molecule has 1 fully saturated rings. The number of carboxylic acid groups (broad SMARTS) is 1. The first-order valence-corrected chi connectivity index (χ1v) is 16.0. The lowest BCUT2D eigenvalue weighted by atomic mass is 9.81. The van der Waals surface area contributed by atoms with Crippen LogP contribution in [0.15, 0.2) is 102 Å². The van der Waals surface area contributed by atoms with Crippen LogP contribution in [0.4, 0.5) is 0 Å². The zero-order valence-electron chi connectivity index (χ0n) is 29.7. The average Bonchev–Trinajstić information content (AvgIpc) is 3.82. The van der Waals surface area contributed by atoms with E-state index in [1.165, 1.54) is 39.6 Å². The van der Waals surface area contributed by atoms with Gasteiger partial charge in [-0.2, -0.15) is 5.06 Å². The lowest BCUT2D eigenvalue weighted by Gasteiger charge is -2.37. The number of amides is 3. The molecule has 0 aliphatic carbocycles. The molecule has 3 amide bonds. The molecule has 51 heavy (non-hydrogen) atoms. The van der Waals surface area contributed by atoms with Crippen molar-refractivity contribution in [2.45, 2.75) is 58.1 Å². The molecule has 1 aliphatic rings. The van der Waals surface area contributed by atoms with E-state index in [-0.39, 0.29) is 17.5 Å². The first kappa shape index (κ1) is 42.2. The van der Waals surface area contributed by atoms with E-state index in [9.17, 15) is 34.6 Å². The van der Waals surface area contributed by atoms with Gasteiger partial charge >= 0.3 is 5.97 Å². The highest BCUT2D eigenvalue weighted by Gasteiger charge is 2.54.